The molecule has 4 rings (SSSR count). The summed E-state index contributed by atoms with van der Waals surface area (Å²) in [7, 11) is 0. The molecule has 2 aromatic rings. The molecule has 0 aromatic heterocycles. The van der Waals surface area contributed by atoms with Crippen LogP contribution in [0.3, 0.4) is 0 Å². The molecular weight excluding hydrogens is 522 g/mol. The van der Waals surface area contributed by atoms with Gasteiger partial charge in [0.2, 0.25) is 11.5 Å². The predicted octanol–water partition coefficient (Wildman–Crippen LogP) is 5.84. The van der Waals surface area contributed by atoms with Crippen LogP contribution < -0.4 is 5.48 Å². The van der Waals surface area contributed by atoms with Crippen LogP contribution in [0.15, 0.2) is 42.5 Å². The molecule has 2 aliphatic rings. The van der Waals surface area contributed by atoms with Crippen molar-refractivity contribution in [3.05, 3.63) is 75.0 Å². The standard InChI is InChI=1S/C22H17Cl2F5N2O2S/c1-34-9-18(32)31-10-20(26,11-31)13-4-2-12(3-5-13)17-8-21(33-30-17,22(27,28)29)14-6-15(23)19(25)16(24)7-14/h2-8,30H,9-11H2,1H3. The van der Waals surface area contributed by atoms with Gasteiger partial charge in [0.15, 0.2) is 11.5 Å². The lowest BCUT2D eigenvalue weighted by Gasteiger charge is -2.44. The fraction of sp³-hybridized carbons (Fsp3) is 0.318. The summed E-state index contributed by atoms with van der Waals surface area (Å²) in [5.41, 5.74) is -2.38. The maximum Gasteiger partial charge on any atom is 0.428 e. The number of rotatable bonds is 5. The smallest absolute Gasteiger partial charge is 0.335 e. The molecule has 4 nitrogen and oxygen atoms in total. The molecule has 2 aliphatic heterocycles. The highest BCUT2D eigenvalue weighted by Crippen LogP contribution is 2.48. The van der Waals surface area contributed by atoms with Crippen LogP contribution in [-0.4, -0.2) is 42.1 Å². The van der Waals surface area contributed by atoms with Crippen LogP contribution in [0.25, 0.3) is 5.70 Å². The van der Waals surface area contributed by atoms with E-state index >= 15 is 4.39 Å². The SMILES string of the molecule is CSCC(=O)N1CC(F)(c2ccc(C3=CC(c4cc(Cl)c(F)c(Cl)c4)(C(F)(F)F)ON3)cc2)C1. The van der Waals surface area contributed by atoms with E-state index in [-0.39, 0.29) is 30.4 Å². The Hall–Kier alpha value is -2.01. The summed E-state index contributed by atoms with van der Waals surface area (Å²) in [6.07, 6.45) is -2.38. The van der Waals surface area contributed by atoms with Gasteiger partial charge in [-0.25, -0.2) is 8.78 Å². The lowest BCUT2D eigenvalue weighted by Crippen LogP contribution is -2.59. The Morgan fingerprint density at radius 1 is 1.15 bits per heavy atom. The molecule has 2 aromatic carbocycles. The molecule has 2 heterocycles. The van der Waals surface area contributed by atoms with Crippen LogP contribution in [0.2, 0.25) is 10.0 Å². The van der Waals surface area contributed by atoms with Crippen LogP contribution in [0.4, 0.5) is 22.0 Å². The fourth-order valence-electron chi connectivity index (χ4n) is 3.84. The Morgan fingerprint density at radius 2 is 1.74 bits per heavy atom. The summed E-state index contributed by atoms with van der Waals surface area (Å²) in [5, 5.41) is -1.17. The molecule has 12 heteroatoms. The monoisotopic (exact) mass is 538 g/mol. The van der Waals surface area contributed by atoms with E-state index in [1.165, 1.54) is 40.9 Å². The van der Waals surface area contributed by atoms with Crippen LogP contribution in [0.1, 0.15) is 16.7 Å². The first-order chi connectivity index (χ1) is 15.9. The highest BCUT2D eigenvalue weighted by molar-refractivity contribution is 7.99. The second kappa shape index (κ2) is 8.89. The van der Waals surface area contributed by atoms with E-state index in [2.05, 4.69) is 5.48 Å². The molecule has 0 aliphatic carbocycles. The Labute approximate surface area is 206 Å². The minimum absolute atomic E-state index is 0.0289. The average Bonchev–Trinajstić information content (AvgIpc) is 3.22. The van der Waals surface area contributed by atoms with Gasteiger partial charge in [0.1, 0.15) is 0 Å². The van der Waals surface area contributed by atoms with Crippen molar-refractivity contribution in [2.75, 3.05) is 25.1 Å². The molecule has 182 valence electrons. The molecular formula is C22H17Cl2F5N2O2S. The van der Waals surface area contributed by atoms with Crippen LogP contribution >= 0.6 is 35.0 Å². The second-order valence-electron chi connectivity index (χ2n) is 7.97. The quantitative estimate of drug-likeness (QED) is 0.383. The number of nitrogens with zero attached hydrogens (tertiary/aromatic N) is 1. The number of hydroxylamine groups is 1. The summed E-state index contributed by atoms with van der Waals surface area (Å²) in [6.45, 7) is -0.169. The number of hydrogen-bond donors (Lipinski definition) is 1. The van der Waals surface area contributed by atoms with Gasteiger partial charge in [0.25, 0.3) is 0 Å². The predicted molar refractivity (Wildman–Crippen MR) is 121 cm³/mol. The highest BCUT2D eigenvalue weighted by Gasteiger charge is 2.60. The van der Waals surface area contributed by atoms with Crippen molar-refractivity contribution in [2.24, 2.45) is 0 Å². The minimum Gasteiger partial charge on any atom is -0.335 e. The lowest BCUT2D eigenvalue weighted by molar-refractivity contribution is -0.269. The summed E-state index contributed by atoms with van der Waals surface area (Å²) in [4.78, 5) is 18.3. The van der Waals surface area contributed by atoms with Gasteiger partial charge in [-0.15, -0.1) is 0 Å². The molecule has 34 heavy (non-hydrogen) atoms. The first-order valence-corrected chi connectivity index (χ1v) is 12.0. The zero-order valence-corrected chi connectivity index (χ0v) is 19.8. The summed E-state index contributed by atoms with van der Waals surface area (Å²) in [5.74, 6) is -0.931. The third kappa shape index (κ3) is 4.25. The maximum atomic E-state index is 15.1. The number of alkyl halides is 4. The van der Waals surface area contributed by atoms with Gasteiger partial charge < -0.3 is 4.90 Å². The number of nitrogens with one attached hydrogen (secondary N) is 1. The number of amides is 1. The van der Waals surface area contributed by atoms with Crippen LogP contribution in [0.5, 0.6) is 0 Å². The van der Waals surface area contributed by atoms with Crippen LogP contribution in [-0.2, 0) is 20.9 Å². The zero-order valence-electron chi connectivity index (χ0n) is 17.5. The first-order valence-electron chi connectivity index (χ1n) is 9.85. The van der Waals surface area contributed by atoms with Gasteiger partial charge in [0.05, 0.1) is 34.6 Å². The molecule has 1 N–H and O–H groups in total. The Bertz CT molecular complexity index is 1130. The summed E-state index contributed by atoms with van der Waals surface area (Å²) < 4.78 is 71.2. The molecule has 1 saturated heterocycles. The number of thioether (sulfide) groups is 1. The molecule has 0 saturated carbocycles. The third-order valence-corrected chi connectivity index (χ3v) is 6.81. The lowest BCUT2D eigenvalue weighted by atomic mass is 9.87. The van der Waals surface area contributed by atoms with Crippen molar-refractivity contribution in [2.45, 2.75) is 17.4 Å². The molecule has 0 radical (unpaired) electrons. The fourth-order valence-corrected chi connectivity index (χ4v) is 4.75. The molecule has 1 unspecified atom stereocenters. The highest BCUT2D eigenvalue weighted by atomic mass is 35.5. The van der Waals surface area contributed by atoms with E-state index in [4.69, 9.17) is 28.0 Å². The number of carbonyl (C=O) groups excluding carboxylic acids is 1. The van der Waals surface area contributed by atoms with E-state index in [0.717, 1.165) is 18.2 Å². The first kappa shape index (κ1) is 25.1. The van der Waals surface area contributed by atoms with E-state index in [1.807, 2.05) is 0 Å². The Balaban J connectivity index is 1.61. The third-order valence-electron chi connectivity index (χ3n) is 5.72. The number of halogens is 7. The van der Waals surface area contributed by atoms with Gasteiger partial charge >= 0.3 is 6.18 Å². The molecule has 0 bridgehead atoms. The summed E-state index contributed by atoms with van der Waals surface area (Å²) in [6, 6.07) is 7.40. The van der Waals surface area contributed by atoms with Crippen molar-refractivity contribution in [3.63, 3.8) is 0 Å². The number of likely N-dealkylation sites (tertiary alicyclic amines) is 1. The largest absolute Gasteiger partial charge is 0.428 e. The zero-order chi connectivity index (χ0) is 24.9. The molecule has 1 fully saturated rings. The number of carbonyl (C=O) groups is 1. The maximum absolute atomic E-state index is 15.1. The van der Waals surface area contributed by atoms with Gasteiger partial charge in [0, 0.05) is 5.56 Å². The molecule has 1 amide bonds. The summed E-state index contributed by atoms with van der Waals surface area (Å²) >= 11 is 12.8. The van der Waals surface area contributed by atoms with Crippen molar-refractivity contribution in [3.8, 4) is 0 Å². The molecule has 1 atom stereocenters. The second-order valence-corrected chi connectivity index (χ2v) is 9.66. The minimum atomic E-state index is -4.95. The van der Waals surface area contributed by atoms with Gasteiger partial charge in [-0.05, 0) is 35.6 Å². The van der Waals surface area contributed by atoms with Crippen LogP contribution in [0, 0.1) is 5.82 Å². The average molecular weight is 539 g/mol. The van der Waals surface area contributed by atoms with Crippen molar-refractivity contribution < 1.29 is 31.6 Å². The topological polar surface area (TPSA) is 41.6 Å². The van der Waals surface area contributed by atoms with Gasteiger partial charge in [-0.2, -0.15) is 24.9 Å². The Morgan fingerprint density at radius 3 is 2.26 bits per heavy atom. The Kier molecular flexibility index (Phi) is 6.56. The van der Waals surface area contributed by atoms with E-state index in [9.17, 15) is 22.4 Å². The van der Waals surface area contributed by atoms with Crippen molar-refractivity contribution in [1.82, 2.24) is 10.4 Å². The normalized spacial score (nSPS) is 21.6. The number of benzene rings is 2. The van der Waals surface area contributed by atoms with E-state index in [0.29, 0.717) is 11.1 Å². The van der Waals surface area contributed by atoms with Gasteiger partial charge in [-0.3, -0.25) is 15.1 Å². The number of hydrogen-bond acceptors (Lipinski definition) is 4. The molecule has 0 spiro atoms. The van der Waals surface area contributed by atoms with Gasteiger partial charge in [-0.1, -0.05) is 47.5 Å². The van der Waals surface area contributed by atoms with E-state index in [1.54, 1.807) is 6.26 Å². The van der Waals surface area contributed by atoms with E-state index < -0.39 is 38.9 Å². The van der Waals surface area contributed by atoms with Crippen molar-refractivity contribution >= 4 is 46.6 Å². The van der Waals surface area contributed by atoms with Crippen molar-refractivity contribution in [1.29, 1.82) is 0 Å².